The zero-order chi connectivity index (χ0) is 3.58. The molecule has 0 aliphatic heterocycles. The Bertz CT molecular complexity index is 40.3. The van der Waals surface area contributed by atoms with Gasteiger partial charge >= 0.3 is 67.3 Å². The van der Waals surface area contributed by atoms with E-state index in [0.717, 1.165) is 0 Å². The number of carbonyl (C=O) groups is 1. The van der Waals surface area contributed by atoms with Gasteiger partial charge in [0.15, 0.2) is 0 Å². The average Bonchev–Trinajstić information content (AvgIpc) is 0.811. The van der Waals surface area contributed by atoms with Crippen LogP contribution in [0.4, 0.5) is 4.79 Å². The molecule has 0 N–H and O–H groups in total. The third-order valence-corrected chi connectivity index (χ3v) is 0. The van der Waals surface area contributed by atoms with Crippen LogP contribution >= 0.6 is 0 Å². The van der Waals surface area contributed by atoms with Gasteiger partial charge in [-0.3, -0.25) is 0 Å². The Morgan fingerprint density at radius 1 is 1.12 bits per heavy atom. The van der Waals surface area contributed by atoms with E-state index in [2.05, 4.69) is 0 Å². The van der Waals surface area contributed by atoms with E-state index >= 15 is 0 Å². The van der Waals surface area contributed by atoms with Gasteiger partial charge in [-0.15, -0.1) is 0 Å². The molecule has 7 heteroatoms. The Labute approximate surface area is 104 Å². The number of hydrogen-bond acceptors (Lipinski definition) is 3. The summed E-state index contributed by atoms with van der Waals surface area (Å²) in [7, 11) is 0. The van der Waals surface area contributed by atoms with Crippen LogP contribution in [0, 0.1) is 0 Å². The molecule has 8 heavy (non-hydrogen) atoms. The normalized spacial score (nSPS) is 3.00. The Kier molecular flexibility index (Phi) is 93.9. The van der Waals surface area contributed by atoms with E-state index in [1.807, 2.05) is 0 Å². The smallest absolute Gasteiger partial charge is 1.00 e. The fourth-order valence-electron chi connectivity index (χ4n) is 0. The van der Waals surface area contributed by atoms with Gasteiger partial charge in [0, 0.05) is 0 Å². The van der Waals surface area contributed by atoms with Crippen LogP contribution in [0.1, 0.15) is 0 Å². The van der Waals surface area contributed by atoms with Crippen molar-refractivity contribution in [1.82, 2.24) is 0 Å². The van der Waals surface area contributed by atoms with Crippen LogP contribution in [0.5, 0.6) is 0 Å². The summed E-state index contributed by atoms with van der Waals surface area (Å²) in [6.45, 7) is 0. The molecular formula is CBrLi2NaO3. The van der Waals surface area contributed by atoms with Crippen molar-refractivity contribution in [3.8, 4) is 0 Å². The molecule has 0 unspecified atom stereocenters. The summed E-state index contributed by atoms with van der Waals surface area (Å²) < 4.78 is 0. The van der Waals surface area contributed by atoms with Crippen LogP contribution in [-0.2, 0) is 0 Å². The molecule has 0 aromatic rings. The number of carboxylic acid groups (broad SMARTS) is 2. The van der Waals surface area contributed by atoms with E-state index in [1.54, 1.807) is 0 Å². The maximum absolute atomic E-state index is 8.33. The third kappa shape index (κ3) is 101. The third-order valence-electron chi connectivity index (χ3n) is 0. The van der Waals surface area contributed by atoms with E-state index < -0.39 is 6.16 Å². The molecule has 0 aromatic heterocycles. The number of rotatable bonds is 0. The fraction of sp³-hybridized carbons (Fsp3) is 0. The summed E-state index contributed by atoms with van der Waals surface area (Å²) in [5.74, 6) is 0. The zero-order valence-corrected chi connectivity index (χ0v) is 8.69. The maximum Gasteiger partial charge on any atom is 1.00 e. The van der Waals surface area contributed by atoms with Gasteiger partial charge in [-0.05, 0) is 6.16 Å². The van der Waals surface area contributed by atoms with Crippen LogP contribution in [0.3, 0.4) is 0 Å². The molecule has 0 fully saturated rings. The first kappa shape index (κ1) is 32.5. The molecule has 0 aliphatic carbocycles. The minimum absolute atomic E-state index is 0. The molecule has 3 nitrogen and oxygen atoms in total. The standard InChI is InChI=1S/CH2O3.BrH.2Li.Na/c2-1(3)4;;;;/h(H2,2,3,4);1H;;;/q;;3*+1/p-3. The van der Waals surface area contributed by atoms with Gasteiger partial charge in [0.1, 0.15) is 0 Å². The van der Waals surface area contributed by atoms with Gasteiger partial charge in [0.2, 0.25) is 0 Å². The minimum atomic E-state index is -2.33. The van der Waals surface area contributed by atoms with E-state index in [-0.39, 0.29) is 84.3 Å². The second-order valence-corrected chi connectivity index (χ2v) is 0.250. The number of carbonyl (C=O) groups excluding carboxylic acids is 1. The van der Waals surface area contributed by atoms with E-state index in [9.17, 15) is 0 Å². The number of hydrogen-bond donors (Lipinski definition) is 0. The zero-order valence-electron chi connectivity index (χ0n) is 5.10. The summed E-state index contributed by atoms with van der Waals surface area (Å²) in [5, 5.41) is 16.7. The molecule has 0 atom stereocenters. The molecule has 0 rings (SSSR count). The van der Waals surface area contributed by atoms with Crippen molar-refractivity contribution in [3.05, 3.63) is 0 Å². The van der Waals surface area contributed by atoms with Crippen molar-refractivity contribution in [3.63, 3.8) is 0 Å². The van der Waals surface area contributed by atoms with Crippen molar-refractivity contribution in [2.75, 3.05) is 0 Å². The molecule has 0 bridgehead atoms. The van der Waals surface area contributed by atoms with Crippen molar-refractivity contribution in [2.24, 2.45) is 0 Å². The second kappa shape index (κ2) is 23.1. The molecule has 0 spiro atoms. The SMILES string of the molecule is O=C([O-])[O-].[Br-].[Li+].[Li+].[Na+]. The van der Waals surface area contributed by atoms with Crippen LogP contribution in [0.15, 0.2) is 0 Å². The first-order chi connectivity index (χ1) is 1.73. The topological polar surface area (TPSA) is 63.2 Å². The van der Waals surface area contributed by atoms with Crippen molar-refractivity contribution >= 4 is 6.16 Å². The van der Waals surface area contributed by atoms with Crippen LogP contribution in [0.2, 0.25) is 0 Å². The van der Waals surface area contributed by atoms with Gasteiger partial charge in [0.25, 0.3) is 0 Å². The Morgan fingerprint density at radius 3 is 1.12 bits per heavy atom. The van der Waals surface area contributed by atoms with Crippen molar-refractivity contribution in [1.29, 1.82) is 0 Å². The maximum atomic E-state index is 8.33. The molecule has 0 saturated carbocycles. The summed E-state index contributed by atoms with van der Waals surface area (Å²) in [6.07, 6.45) is -2.33. The van der Waals surface area contributed by atoms with E-state index in [1.165, 1.54) is 0 Å². The molecule has 0 saturated heterocycles. The van der Waals surface area contributed by atoms with Crippen LogP contribution in [0.25, 0.3) is 0 Å². The van der Waals surface area contributed by atoms with Crippen molar-refractivity contribution in [2.45, 2.75) is 0 Å². The molecule has 32 valence electrons. The van der Waals surface area contributed by atoms with Gasteiger partial charge in [-0.2, -0.15) is 0 Å². The molecule has 0 heterocycles. The van der Waals surface area contributed by atoms with E-state index in [4.69, 9.17) is 15.0 Å². The summed E-state index contributed by atoms with van der Waals surface area (Å²) in [4.78, 5) is 8.33. The number of halogens is 1. The largest absolute Gasteiger partial charge is 1.00 e. The minimum Gasteiger partial charge on any atom is -1.00 e. The van der Waals surface area contributed by atoms with Crippen LogP contribution in [-0.4, -0.2) is 6.16 Å². The predicted molar refractivity (Wildman–Crippen MR) is 5.40 cm³/mol. The van der Waals surface area contributed by atoms with E-state index in [0.29, 0.717) is 0 Å². The van der Waals surface area contributed by atoms with Crippen LogP contribution < -0.4 is 94.5 Å². The average molecular weight is 177 g/mol. The summed E-state index contributed by atoms with van der Waals surface area (Å²) >= 11 is 0. The second-order valence-electron chi connectivity index (χ2n) is 0.250. The van der Waals surface area contributed by atoms with Crippen molar-refractivity contribution < 1.29 is 99.3 Å². The molecule has 0 aromatic carbocycles. The molecular weight excluding hydrogens is 177 g/mol. The van der Waals surface area contributed by atoms with Gasteiger partial charge < -0.3 is 32.0 Å². The Balaban J connectivity index is -0.00000000750. The predicted octanol–water partition coefficient (Wildman–Crippen LogP) is -14.4. The Morgan fingerprint density at radius 2 is 1.12 bits per heavy atom. The first-order valence-electron chi connectivity index (χ1n) is 0.612. The van der Waals surface area contributed by atoms with Gasteiger partial charge in [0.05, 0.1) is 0 Å². The molecule has 0 radical (unpaired) electrons. The quantitative estimate of drug-likeness (QED) is 0.345. The monoisotopic (exact) mass is 176 g/mol. The summed E-state index contributed by atoms with van der Waals surface area (Å²) in [6, 6.07) is 0. The fourth-order valence-corrected chi connectivity index (χ4v) is 0. The summed E-state index contributed by atoms with van der Waals surface area (Å²) in [5.41, 5.74) is 0. The molecule has 0 amide bonds. The Hall–Kier alpha value is 1.94. The molecule has 0 aliphatic rings. The van der Waals surface area contributed by atoms with Gasteiger partial charge in [-0.25, -0.2) is 0 Å². The first-order valence-corrected chi connectivity index (χ1v) is 0.612. The van der Waals surface area contributed by atoms with Gasteiger partial charge in [-0.1, -0.05) is 0 Å².